The van der Waals surface area contributed by atoms with Gasteiger partial charge >= 0.3 is 0 Å². The summed E-state index contributed by atoms with van der Waals surface area (Å²) in [7, 11) is 0. The largest absolute Gasteiger partial charge is 0.367 e. The van der Waals surface area contributed by atoms with E-state index in [1.54, 1.807) is 12.1 Å². The van der Waals surface area contributed by atoms with Gasteiger partial charge in [-0.25, -0.2) is 0 Å². The standard InChI is InChI=1S/C24H27ClN4O2S/c1-17(2)23(31)29-14-12-28(13-15-29)21-10-9-19(16-20(21)25)26-24(32)27-22(30)11-8-18-6-4-3-5-7-18/h3-11,16-17H,12-15H2,1-2H3,(H2,26,27,30,32). The Hall–Kier alpha value is -2.90. The van der Waals surface area contributed by atoms with Gasteiger partial charge in [0.25, 0.3) is 0 Å². The minimum Gasteiger partial charge on any atom is -0.367 e. The molecule has 2 aromatic carbocycles. The number of hydrogen-bond acceptors (Lipinski definition) is 4. The van der Waals surface area contributed by atoms with Crippen LogP contribution in [0.3, 0.4) is 0 Å². The summed E-state index contributed by atoms with van der Waals surface area (Å²) in [6.45, 7) is 6.66. The van der Waals surface area contributed by atoms with Crippen LogP contribution in [0.2, 0.25) is 5.02 Å². The zero-order valence-electron chi connectivity index (χ0n) is 18.2. The molecule has 0 atom stereocenters. The summed E-state index contributed by atoms with van der Waals surface area (Å²) >= 11 is 11.7. The number of anilines is 2. The second-order valence-corrected chi connectivity index (χ2v) is 8.64. The predicted octanol–water partition coefficient (Wildman–Crippen LogP) is 4.17. The third-order valence-electron chi connectivity index (χ3n) is 5.09. The predicted molar refractivity (Wildman–Crippen MR) is 135 cm³/mol. The normalized spacial score (nSPS) is 14.0. The van der Waals surface area contributed by atoms with Gasteiger partial charge in [0.05, 0.1) is 10.7 Å². The molecule has 2 aromatic rings. The minimum atomic E-state index is -0.317. The van der Waals surface area contributed by atoms with Crippen molar-refractivity contribution in [3.63, 3.8) is 0 Å². The van der Waals surface area contributed by atoms with Crippen molar-refractivity contribution in [1.29, 1.82) is 0 Å². The molecule has 0 bridgehead atoms. The third kappa shape index (κ3) is 6.55. The lowest BCUT2D eigenvalue weighted by Crippen LogP contribution is -2.50. The number of nitrogens with one attached hydrogen (secondary N) is 2. The van der Waals surface area contributed by atoms with Crippen LogP contribution in [0.25, 0.3) is 6.08 Å². The van der Waals surface area contributed by atoms with E-state index in [0.717, 1.165) is 24.3 Å². The van der Waals surface area contributed by atoms with Gasteiger partial charge in [-0.05, 0) is 42.1 Å². The molecular weight excluding hydrogens is 444 g/mol. The number of benzene rings is 2. The molecular formula is C24H27ClN4O2S. The monoisotopic (exact) mass is 470 g/mol. The first kappa shape index (κ1) is 23.8. The maximum absolute atomic E-state index is 12.2. The molecule has 2 N–H and O–H groups in total. The average Bonchev–Trinajstić information content (AvgIpc) is 2.78. The second kappa shape index (κ2) is 11.1. The topological polar surface area (TPSA) is 64.7 Å². The van der Waals surface area contributed by atoms with Crippen molar-refractivity contribution in [3.05, 3.63) is 65.2 Å². The summed E-state index contributed by atoms with van der Waals surface area (Å²) in [5, 5.41) is 6.38. The van der Waals surface area contributed by atoms with Crippen LogP contribution in [0.1, 0.15) is 19.4 Å². The Morgan fingerprint density at radius 2 is 1.75 bits per heavy atom. The van der Waals surface area contributed by atoms with E-state index < -0.39 is 0 Å². The van der Waals surface area contributed by atoms with Crippen LogP contribution in [-0.2, 0) is 9.59 Å². The van der Waals surface area contributed by atoms with Crippen molar-refractivity contribution < 1.29 is 9.59 Å². The van der Waals surface area contributed by atoms with Crippen molar-refractivity contribution in [2.45, 2.75) is 13.8 Å². The van der Waals surface area contributed by atoms with E-state index in [-0.39, 0.29) is 22.8 Å². The maximum atomic E-state index is 12.2. The zero-order valence-corrected chi connectivity index (χ0v) is 19.7. The molecule has 3 rings (SSSR count). The molecule has 0 saturated carbocycles. The zero-order chi connectivity index (χ0) is 23.1. The molecule has 168 valence electrons. The highest BCUT2D eigenvalue weighted by molar-refractivity contribution is 7.80. The second-order valence-electron chi connectivity index (χ2n) is 7.82. The summed E-state index contributed by atoms with van der Waals surface area (Å²) in [5.74, 6) is -0.124. The van der Waals surface area contributed by atoms with E-state index in [4.69, 9.17) is 23.8 Å². The van der Waals surface area contributed by atoms with Crippen molar-refractivity contribution in [2.24, 2.45) is 5.92 Å². The van der Waals surface area contributed by atoms with E-state index >= 15 is 0 Å². The molecule has 0 aromatic heterocycles. The number of carbonyl (C=O) groups excluding carboxylic acids is 2. The molecule has 0 radical (unpaired) electrons. The lowest BCUT2D eigenvalue weighted by atomic mass is 10.1. The Labute approximate surface area is 199 Å². The first-order chi connectivity index (χ1) is 15.3. The lowest BCUT2D eigenvalue weighted by Gasteiger charge is -2.37. The molecule has 0 aliphatic carbocycles. The van der Waals surface area contributed by atoms with Crippen LogP contribution in [0, 0.1) is 5.92 Å². The van der Waals surface area contributed by atoms with Gasteiger partial charge < -0.3 is 15.1 Å². The third-order valence-corrected chi connectivity index (χ3v) is 5.60. The van der Waals surface area contributed by atoms with Gasteiger partial charge in [-0.3, -0.25) is 14.9 Å². The molecule has 0 spiro atoms. The average molecular weight is 471 g/mol. The highest BCUT2D eigenvalue weighted by atomic mass is 35.5. The van der Waals surface area contributed by atoms with Crippen molar-refractivity contribution >= 4 is 58.2 Å². The fraction of sp³-hybridized carbons (Fsp3) is 0.292. The van der Waals surface area contributed by atoms with Crippen LogP contribution < -0.4 is 15.5 Å². The fourth-order valence-electron chi connectivity index (χ4n) is 3.43. The summed E-state index contributed by atoms with van der Waals surface area (Å²) in [6.07, 6.45) is 3.15. The van der Waals surface area contributed by atoms with Crippen LogP contribution in [-0.4, -0.2) is 48.0 Å². The summed E-state index contributed by atoms with van der Waals surface area (Å²) in [6, 6.07) is 15.1. The van der Waals surface area contributed by atoms with Crippen molar-refractivity contribution in [3.8, 4) is 0 Å². The number of nitrogens with zero attached hydrogens (tertiary/aromatic N) is 2. The Morgan fingerprint density at radius 1 is 1.06 bits per heavy atom. The molecule has 2 amide bonds. The maximum Gasteiger partial charge on any atom is 0.250 e. The summed E-state index contributed by atoms with van der Waals surface area (Å²) in [5.41, 5.74) is 2.53. The van der Waals surface area contributed by atoms with Crippen LogP contribution in [0.4, 0.5) is 11.4 Å². The van der Waals surface area contributed by atoms with E-state index in [9.17, 15) is 9.59 Å². The van der Waals surface area contributed by atoms with E-state index in [0.29, 0.717) is 23.8 Å². The SMILES string of the molecule is CC(C)C(=O)N1CCN(c2ccc(NC(=S)NC(=O)C=Cc3ccccc3)cc2Cl)CC1. The Morgan fingerprint density at radius 3 is 2.38 bits per heavy atom. The number of carbonyl (C=O) groups is 2. The molecule has 1 aliphatic heterocycles. The van der Waals surface area contributed by atoms with Crippen LogP contribution in [0.15, 0.2) is 54.6 Å². The van der Waals surface area contributed by atoms with Crippen LogP contribution in [0.5, 0.6) is 0 Å². The van der Waals surface area contributed by atoms with E-state index in [1.165, 1.54) is 6.08 Å². The smallest absolute Gasteiger partial charge is 0.250 e. The summed E-state index contributed by atoms with van der Waals surface area (Å²) in [4.78, 5) is 28.3. The number of piperazine rings is 1. The van der Waals surface area contributed by atoms with Gasteiger partial charge in [0.15, 0.2) is 5.11 Å². The number of amides is 2. The highest BCUT2D eigenvalue weighted by Crippen LogP contribution is 2.29. The van der Waals surface area contributed by atoms with Gasteiger partial charge in [-0.15, -0.1) is 0 Å². The number of thiocarbonyl (C=S) groups is 1. The van der Waals surface area contributed by atoms with Crippen LogP contribution >= 0.6 is 23.8 Å². The highest BCUT2D eigenvalue weighted by Gasteiger charge is 2.24. The molecule has 1 aliphatic rings. The van der Waals surface area contributed by atoms with Gasteiger partial charge in [0, 0.05) is 43.9 Å². The Bertz CT molecular complexity index is 1000. The molecule has 32 heavy (non-hydrogen) atoms. The van der Waals surface area contributed by atoms with E-state index in [1.807, 2.05) is 61.2 Å². The lowest BCUT2D eigenvalue weighted by molar-refractivity contribution is -0.134. The molecule has 1 fully saturated rings. The van der Waals surface area contributed by atoms with Gasteiger partial charge in [0.2, 0.25) is 11.8 Å². The number of hydrogen-bond donors (Lipinski definition) is 2. The fourth-order valence-corrected chi connectivity index (χ4v) is 3.94. The molecule has 1 saturated heterocycles. The van der Waals surface area contributed by atoms with Crippen molar-refractivity contribution in [1.82, 2.24) is 10.2 Å². The summed E-state index contributed by atoms with van der Waals surface area (Å²) < 4.78 is 0. The minimum absolute atomic E-state index is 0.00801. The van der Waals surface area contributed by atoms with Gasteiger partial charge in [-0.2, -0.15) is 0 Å². The molecule has 8 heteroatoms. The van der Waals surface area contributed by atoms with E-state index in [2.05, 4.69) is 15.5 Å². The molecule has 6 nitrogen and oxygen atoms in total. The molecule has 1 heterocycles. The number of rotatable bonds is 5. The first-order valence-electron chi connectivity index (χ1n) is 10.5. The Kier molecular flexibility index (Phi) is 8.25. The number of halogens is 1. The first-order valence-corrected chi connectivity index (χ1v) is 11.3. The van der Waals surface area contributed by atoms with Gasteiger partial charge in [0.1, 0.15) is 0 Å². The Balaban J connectivity index is 1.53. The molecule has 0 unspecified atom stereocenters. The van der Waals surface area contributed by atoms with Crippen molar-refractivity contribution in [2.75, 3.05) is 36.4 Å². The van der Waals surface area contributed by atoms with Gasteiger partial charge in [-0.1, -0.05) is 55.8 Å². The quantitative estimate of drug-likeness (QED) is 0.507.